The molecule has 0 unspecified atom stereocenters. The Kier molecular flexibility index (Phi) is 4.68. The lowest BCUT2D eigenvalue weighted by molar-refractivity contribution is 0.0303. The number of ether oxygens (including phenoxy) is 2. The lowest BCUT2D eigenvalue weighted by atomic mass is 10.1. The molecule has 0 spiro atoms. The molecule has 5 rings (SSSR count). The molecule has 1 aliphatic rings. The summed E-state index contributed by atoms with van der Waals surface area (Å²) in [5.41, 5.74) is 3.03. The number of hydrogen-bond acceptors (Lipinski definition) is 6. The average Bonchev–Trinajstić information content (AvgIpc) is 3.30. The van der Waals surface area contributed by atoms with E-state index in [0.717, 1.165) is 33.2 Å². The topological polar surface area (TPSA) is 92.4 Å². The standard InChI is InChI=1S/C22H21N5O3/c1-29-16-5-6-19-17(12-16)18-13-23-26-20(18)21(25-19)24-15-4-2-3-14(11-15)22(28)27-7-9-30-10-8-27/h2-6,11-13H,7-10H2,1H3,(H,23,26)(H,24,25). The summed E-state index contributed by atoms with van der Waals surface area (Å²) in [6.07, 6.45) is 1.78. The molecule has 8 nitrogen and oxygen atoms in total. The van der Waals surface area contributed by atoms with Crippen LogP contribution in [0.5, 0.6) is 5.75 Å². The second-order valence-electron chi connectivity index (χ2n) is 7.11. The Balaban J connectivity index is 1.49. The number of benzene rings is 2. The number of carbonyl (C=O) groups is 1. The molecule has 0 bridgehead atoms. The highest BCUT2D eigenvalue weighted by molar-refractivity contribution is 6.09. The van der Waals surface area contributed by atoms with Crippen molar-refractivity contribution in [3.05, 3.63) is 54.2 Å². The third kappa shape index (κ3) is 3.31. The molecule has 1 amide bonds. The zero-order valence-electron chi connectivity index (χ0n) is 16.5. The molecule has 1 saturated heterocycles. The summed E-state index contributed by atoms with van der Waals surface area (Å²) in [5.74, 6) is 1.42. The Bertz CT molecular complexity index is 1230. The molecule has 1 fully saturated rings. The first-order chi connectivity index (χ1) is 14.7. The van der Waals surface area contributed by atoms with E-state index in [2.05, 4.69) is 15.5 Å². The maximum absolute atomic E-state index is 12.8. The van der Waals surface area contributed by atoms with Crippen LogP contribution in [0.3, 0.4) is 0 Å². The highest BCUT2D eigenvalue weighted by atomic mass is 16.5. The molecule has 2 N–H and O–H groups in total. The molecular weight excluding hydrogens is 382 g/mol. The second kappa shape index (κ2) is 7.64. The van der Waals surface area contributed by atoms with Crippen molar-refractivity contribution in [1.82, 2.24) is 20.1 Å². The van der Waals surface area contributed by atoms with Gasteiger partial charge in [-0.05, 0) is 36.4 Å². The first-order valence-electron chi connectivity index (χ1n) is 9.78. The summed E-state index contributed by atoms with van der Waals surface area (Å²) in [4.78, 5) is 19.4. The number of nitrogens with zero attached hydrogens (tertiary/aromatic N) is 3. The molecule has 0 radical (unpaired) electrons. The molecule has 30 heavy (non-hydrogen) atoms. The minimum atomic E-state index is 0.00667. The van der Waals surface area contributed by atoms with Crippen molar-refractivity contribution in [2.45, 2.75) is 0 Å². The van der Waals surface area contributed by atoms with Crippen LogP contribution in [0.4, 0.5) is 11.5 Å². The van der Waals surface area contributed by atoms with Crippen LogP contribution in [-0.2, 0) is 4.74 Å². The molecule has 3 heterocycles. The van der Waals surface area contributed by atoms with Gasteiger partial charge in [0.15, 0.2) is 5.82 Å². The van der Waals surface area contributed by atoms with E-state index in [-0.39, 0.29) is 5.91 Å². The van der Waals surface area contributed by atoms with Gasteiger partial charge < -0.3 is 19.7 Å². The fraction of sp³-hybridized carbons (Fsp3) is 0.227. The number of rotatable bonds is 4. The van der Waals surface area contributed by atoms with E-state index in [1.54, 1.807) is 13.3 Å². The highest BCUT2D eigenvalue weighted by Crippen LogP contribution is 2.31. The quantitative estimate of drug-likeness (QED) is 0.543. The molecule has 4 aromatic rings. The Morgan fingerprint density at radius 1 is 1.17 bits per heavy atom. The summed E-state index contributed by atoms with van der Waals surface area (Å²) in [6.45, 7) is 2.38. The number of aromatic amines is 1. The van der Waals surface area contributed by atoms with Crippen LogP contribution >= 0.6 is 0 Å². The summed E-state index contributed by atoms with van der Waals surface area (Å²) in [7, 11) is 1.64. The van der Waals surface area contributed by atoms with Crippen molar-refractivity contribution in [3.8, 4) is 5.75 Å². The number of fused-ring (bicyclic) bond motifs is 3. The molecule has 2 aromatic heterocycles. The van der Waals surface area contributed by atoms with Crippen LogP contribution in [0.1, 0.15) is 10.4 Å². The van der Waals surface area contributed by atoms with Crippen LogP contribution in [0.25, 0.3) is 21.8 Å². The minimum absolute atomic E-state index is 0.00667. The van der Waals surface area contributed by atoms with Gasteiger partial charge in [-0.2, -0.15) is 5.10 Å². The molecule has 0 aliphatic carbocycles. The number of anilines is 2. The number of hydrogen-bond donors (Lipinski definition) is 2. The minimum Gasteiger partial charge on any atom is -0.497 e. The predicted molar refractivity (Wildman–Crippen MR) is 114 cm³/mol. The van der Waals surface area contributed by atoms with Gasteiger partial charge in [0.05, 0.1) is 32.0 Å². The van der Waals surface area contributed by atoms with E-state index in [1.165, 1.54) is 0 Å². The summed E-state index contributed by atoms with van der Waals surface area (Å²) < 4.78 is 10.7. The van der Waals surface area contributed by atoms with Crippen LogP contribution in [0, 0.1) is 0 Å². The number of H-pyrrole nitrogens is 1. The number of pyridine rings is 1. The zero-order chi connectivity index (χ0) is 20.5. The van der Waals surface area contributed by atoms with Crippen LogP contribution in [0.15, 0.2) is 48.7 Å². The Morgan fingerprint density at radius 2 is 2.03 bits per heavy atom. The van der Waals surface area contributed by atoms with E-state index < -0.39 is 0 Å². The van der Waals surface area contributed by atoms with Gasteiger partial charge in [0.25, 0.3) is 5.91 Å². The summed E-state index contributed by atoms with van der Waals surface area (Å²) in [6, 6.07) is 13.2. The number of nitrogens with one attached hydrogen (secondary N) is 2. The zero-order valence-corrected chi connectivity index (χ0v) is 16.5. The maximum atomic E-state index is 12.8. The van der Waals surface area contributed by atoms with E-state index in [4.69, 9.17) is 14.5 Å². The van der Waals surface area contributed by atoms with Crippen molar-refractivity contribution in [2.24, 2.45) is 0 Å². The van der Waals surface area contributed by atoms with Gasteiger partial charge in [-0.25, -0.2) is 4.98 Å². The molecular formula is C22H21N5O3. The number of amides is 1. The van der Waals surface area contributed by atoms with Crippen molar-refractivity contribution < 1.29 is 14.3 Å². The third-order valence-electron chi connectivity index (χ3n) is 5.27. The Hall–Kier alpha value is -3.65. The SMILES string of the molecule is COc1ccc2nc(Nc3cccc(C(=O)N4CCOCC4)c3)c3[nH]ncc3c2c1. The predicted octanol–water partition coefficient (Wildman–Crippen LogP) is 3.34. The number of morpholine rings is 1. The van der Waals surface area contributed by atoms with Gasteiger partial charge in [0.1, 0.15) is 11.3 Å². The molecule has 2 aromatic carbocycles. The number of aromatic nitrogens is 3. The highest BCUT2D eigenvalue weighted by Gasteiger charge is 2.19. The fourth-order valence-electron chi connectivity index (χ4n) is 3.71. The van der Waals surface area contributed by atoms with Crippen LogP contribution in [-0.4, -0.2) is 59.4 Å². The van der Waals surface area contributed by atoms with Crippen molar-refractivity contribution in [3.63, 3.8) is 0 Å². The lowest BCUT2D eigenvalue weighted by Crippen LogP contribution is -2.40. The maximum Gasteiger partial charge on any atom is 0.254 e. The van der Waals surface area contributed by atoms with Gasteiger partial charge in [-0.15, -0.1) is 0 Å². The van der Waals surface area contributed by atoms with Gasteiger partial charge in [-0.1, -0.05) is 6.07 Å². The third-order valence-corrected chi connectivity index (χ3v) is 5.27. The monoisotopic (exact) mass is 403 g/mol. The lowest BCUT2D eigenvalue weighted by Gasteiger charge is -2.27. The van der Waals surface area contributed by atoms with E-state index in [9.17, 15) is 4.79 Å². The smallest absolute Gasteiger partial charge is 0.254 e. The first kappa shape index (κ1) is 18.4. The Morgan fingerprint density at radius 3 is 2.87 bits per heavy atom. The molecule has 0 atom stereocenters. The van der Waals surface area contributed by atoms with E-state index in [0.29, 0.717) is 37.7 Å². The van der Waals surface area contributed by atoms with Gasteiger partial charge in [-0.3, -0.25) is 9.89 Å². The van der Waals surface area contributed by atoms with Crippen molar-refractivity contribution in [1.29, 1.82) is 0 Å². The van der Waals surface area contributed by atoms with Crippen LogP contribution in [0.2, 0.25) is 0 Å². The molecule has 152 valence electrons. The van der Waals surface area contributed by atoms with Crippen molar-refractivity contribution in [2.75, 3.05) is 38.7 Å². The van der Waals surface area contributed by atoms with Gasteiger partial charge in [0.2, 0.25) is 0 Å². The average molecular weight is 403 g/mol. The molecule has 1 aliphatic heterocycles. The normalized spacial score (nSPS) is 14.2. The van der Waals surface area contributed by atoms with Gasteiger partial charge >= 0.3 is 0 Å². The van der Waals surface area contributed by atoms with Gasteiger partial charge in [0, 0.05) is 35.1 Å². The summed E-state index contributed by atoms with van der Waals surface area (Å²) >= 11 is 0. The summed E-state index contributed by atoms with van der Waals surface area (Å²) in [5, 5.41) is 12.5. The Labute approximate surface area is 172 Å². The largest absolute Gasteiger partial charge is 0.497 e. The molecule has 8 heteroatoms. The van der Waals surface area contributed by atoms with E-state index in [1.807, 2.05) is 47.4 Å². The molecule has 0 saturated carbocycles. The van der Waals surface area contributed by atoms with E-state index >= 15 is 0 Å². The van der Waals surface area contributed by atoms with Crippen LogP contribution < -0.4 is 10.1 Å². The van der Waals surface area contributed by atoms with Crippen molar-refractivity contribution >= 4 is 39.2 Å². The number of methoxy groups -OCH3 is 1. The number of carbonyl (C=O) groups excluding carboxylic acids is 1. The second-order valence-corrected chi connectivity index (χ2v) is 7.11. The first-order valence-corrected chi connectivity index (χ1v) is 9.78. The fourth-order valence-corrected chi connectivity index (χ4v) is 3.71.